The lowest BCUT2D eigenvalue weighted by atomic mass is 10.1. The molecule has 1 aromatic heterocycles. The van der Waals surface area contributed by atoms with E-state index in [-0.39, 0.29) is 18.6 Å². The molecule has 0 radical (unpaired) electrons. The summed E-state index contributed by atoms with van der Waals surface area (Å²) in [5.74, 6) is 2.07. The smallest absolute Gasteiger partial charge is 0.231 e. The Balaban J connectivity index is 1.83. The number of benzene rings is 1. The fourth-order valence-electron chi connectivity index (χ4n) is 3.05. The summed E-state index contributed by atoms with van der Waals surface area (Å²) in [7, 11) is 1.65. The highest BCUT2D eigenvalue weighted by molar-refractivity contribution is 5.75. The maximum Gasteiger partial charge on any atom is 0.231 e. The second-order valence-electron chi connectivity index (χ2n) is 6.10. The number of primary amides is 1. The zero-order chi connectivity index (χ0) is 17.1. The summed E-state index contributed by atoms with van der Waals surface area (Å²) in [5, 5.41) is 0. The molecule has 1 aliphatic rings. The normalized spacial score (nSPS) is 16.0. The third kappa shape index (κ3) is 3.71. The Morgan fingerprint density at radius 2 is 2.25 bits per heavy atom. The third-order valence-electron chi connectivity index (χ3n) is 4.03. The molecule has 2 N–H and O–H groups in total. The van der Waals surface area contributed by atoms with Crippen LogP contribution in [0, 0.1) is 0 Å². The van der Waals surface area contributed by atoms with Crippen molar-refractivity contribution in [3.63, 3.8) is 0 Å². The van der Waals surface area contributed by atoms with Crippen molar-refractivity contribution < 1.29 is 18.7 Å². The fourth-order valence-corrected chi connectivity index (χ4v) is 3.05. The number of carbonyl (C=O) groups excluding carboxylic acids is 1. The fraction of sp³-hybridized carbons (Fsp3) is 0.389. The van der Waals surface area contributed by atoms with Crippen LogP contribution in [0.1, 0.15) is 23.8 Å². The number of carbonyl (C=O) groups is 1. The van der Waals surface area contributed by atoms with Crippen LogP contribution < -0.4 is 15.2 Å². The van der Waals surface area contributed by atoms with Gasteiger partial charge in [0.2, 0.25) is 5.91 Å². The topological polar surface area (TPSA) is 77.9 Å². The first-order valence-corrected chi connectivity index (χ1v) is 7.94. The average Bonchev–Trinajstić information content (AvgIpc) is 3.13. The van der Waals surface area contributed by atoms with E-state index in [1.165, 1.54) is 0 Å². The summed E-state index contributed by atoms with van der Waals surface area (Å²) >= 11 is 0. The van der Waals surface area contributed by atoms with Crippen molar-refractivity contribution >= 4 is 5.91 Å². The van der Waals surface area contributed by atoms with Crippen molar-refractivity contribution in [1.29, 1.82) is 0 Å². The molecular formula is C18H22N2O4. The SMILES string of the molecule is COc1cc2c(cc1CN(CC(N)=O)Cc1ccco1)OC(C)C2. The number of furan rings is 1. The van der Waals surface area contributed by atoms with Crippen molar-refractivity contribution in [2.45, 2.75) is 32.5 Å². The van der Waals surface area contributed by atoms with Gasteiger partial charge in [-0.2, -0.15) is 0 Å². The Hall–Kier alpha value is -2.47. The number of hydrogen-bond acceptors (Lipinski definition) is 5. The molecule has 2 aromatic rings. The lowest BCUT2D eigenvalue weighted by molar-refractivity contribution is -0.119. The van der Waals surface area contributed by atoms with E-state index in [4.69, 9.17) is 19.6 Å². The van der Waals surface area contributed by atoms with Crippen LogP contribution in [0.5, 0.6) is 11.5 Å². The predicted octanol–water partition coefficient (Wildman–Crippen LogP) is 2.10. The Bertz CT molecular complexity index is 712. The van der Waals surface area contributed by atoms with Gasteiger partial charge >= 0.3 is 0 Å². The first-order chi connectivity index (χ1) is 11.5. The molecule has 24 heavy (non-hydrogen) atoms. The van der Waals surface area contributed by atoms with Gasteiger partial charge in [-0.25, -0.2) is 0 Å². The minimum atomic E-state index is -0.383. The summed E-state index contributed by atoms with van der Waals surface area (Å²) in [6, 6.07) is 7.71. The number of ether oxygens (including phenoxy) is 2. The molecule has 6 nitrogen and oxygen atoms in total. The van der Waals surface area contributed by atoms with Gasteiger partial charge in [0.15, 0.2) is 0 Å². The first kappa shape index (κ1) is 16.4. The minimum Gasteiger partial charge on any atom is -0.496 e. The van der Waals surface area contributed by atoms with Crippen LogP contribution in [0.2, 0.25) is 0 Å². The number of rotatable bonds is 7. The summed E-state index contributed by atoms with van der Waals surface area (Å²) in [5.41, 5.74) is 7.49. The Labute approximate surface area is 141 Å². The van der Waals surface area contributed by atoms with Crippen molar-refractivity contribution in [2.24, 2.45) is 5.73 Å². The van der Waals surface area contributed by atoms with Gasteiger partial charge in [-0.3, -0.25) is 9.69 Å². The van der Waals surface area contributed by atoms with Gasteiger partial charge in [-0.05, 0) is 31.2 Å². The predicted molar refractivity (Wildman–Crippen MR) is 88.8 cm³/mol. The molecule has 1 aliphatic heterocycles. The van der Waals surface area contributed by atoms with Crippen molar-refractivity contribution in [3.05, 3.63) is 47.4 Å². The highest BCUT2D eigenvalue weighted by Gasteiger charge is 2.23. The number of hydrogen-bond donors (Lipinski definition) is 1. The standard InChI is InChI=1S/C18H22N2O4/c1-12-6-13-7-16(22-2)14(8-17(13)24-12)9-20(11-18(19)21)10-15-4-3-5-23-15/h3-5,7-8,12H,6,9-11H2,1-2H3,(H2,19,21). The molecule has 0 bridgehead atoms. The van der Waals surface area contributed by atoms with Gasteiger partial charge in [-0.15, -0.1) is 0 Å². The summed E-state index contributed by atoms with van der Waals surface area (Å²) in [6.45, 7) is 3.19. The van der Waals surface area contributed by atoms with E-state index in [0.717, 1.165) is 34.8 Å². The molecule has 0 spiro atoms. The molecule has 1 amide bonds. The molecular weight excluding hydrogens is 308 g/mol. The molecule has 0 saturated heterocycles. The Kier molecular flexibility index (Phi) is 4.76. The van der Waals surface area contributed by atoms with Crippen molar-refractivity contribution in [1.82, 2.24) is 4.90 Å². The largest absolute Gasteiger partial charge is 0.496 e. The lowest BCUT2D eigenvalue weighted by Crippen LogP contribution is -2.33. The van der Waals surface area contributed by atoms with Crippen LogP contribution in [-0.2, 0) is 24.3 Å². The lowest BCUT2D eigenvalue weighted by Gasteiger charge is -2.21. The monoisotopic (exact) mass is 330 g/mol. The van der Waals surface area contributed by atoms with Crippen LogP contribution in [-0.4, -0.2) is 30.6 Å². The van der Waals surface area contributed by atoms with E-state index in [2.05, 4.69) is 0 Å². The molecule has 0 fully saturated rings. The number of amides is 1. The zero-order valence-corrected chi connectivity index (χ0v) is 14.0. The van der Waals surface area contributed by atoms with E-state index in [1.54, 1.807) is 13.4 Å². The number of nitrogens with two attached hydrogens (primary N) is 1. The quantitative estimate of drug-likeness (QED) is 0.841. The number of methoxy groups -OCH3 is 1. The van der Waals surface area contributed by atoms with Gasteiger partial charge in [0.1, 0.15) is 23.4 Å². The maximum atomic E-state index is 11.4. The second-order valence-corrected chi connectivity index (χ2v) is 6.10. The van der Waals surface area contributed by atoms with Crippen molar-refractivity contribution in [2.75, 3.05) is 13.7 Å². The Morgan fingerprint density at radius 3 is 2.92 bits per heavy atom. The molecule has 6 heteroatoms. The van der Waals surface area contributed by atoms with E-state index in [1.807, 2.05) is 36.1 Å². The number of fused-ring (bicyclic) bond motifs is 1. The molecule has 2 heterocycles. The van der Waals surface area contributed by atoms with Gasteiger partial charge in [0, 0.05) is 24.1 Å². The molecule has 3 rings (SSSR count). The van der Waals surface area contributed by atoms with E-state index >= 15 is 0 Å². The second kappa shape index (κ2) is 6.97. The highest BCUT2D eigenvalue weighted by atomic mass is 16.5. The molecule has 1 aromatic carbocycles. The molecule has 0 aliphatic carbocycles. The average molecular weight is 330 g/mol. The van der Waals surface area contributed by atoms with Crippen molar-refractivity contribution in [3.8, 4) is 11.5 Å². The van der Waals surface area contributed by atoms with Crippen LogP contribution >= 0.6 is 0 Å². The maximum absolute atomic E-state index is 11.4. The van der Waals surface area contributed by atoms with Gasteiger partial charge in [-0.1, -0.05) is 0 Å². The molecule has 128 valence electrons. The summed E-state index contributed by atoms with van der Waals surface area (Å²) in [4.78, 5) is 13.3. The third-order valence-corrected chi connectivity index (χ3v) is 4.03. The molecule has 1 atom stereocenters. The van der Waals surface area contributed by atoms with Gasteiger partial charge in [0.25, 0.3) is 0 Å². The molecule has 0 saturated carbocycles. The molecule has 1 unspecified atom stereocenters. The van der Waals surface area contributed by atoms with Gasteiger partial charge < -0.3 is 19.6 Å². The summed E-state index contributed by atoms with van der Waals surface area (Å²) < 4.78 is 16.7. The van der Waals surface area contributed by atoms with Crippen LogP contribution in [0.4, 0.5) is 0 Å². The minimum absolute atomic E-state index is 0.137. The van der Waals surface area contributed by atoms with E-state index < -0.39 is 0 Å². The van der Waals surface area contributed by atoms with Crippen LogP contribution in [0.25, 0.3) is 0 Å². The highest BCUT2D eigenvalue weighted by Crippen LogP contribution is 2.35. The first-order valence-electron chi connectivity index (χ1n) is 7.94. The Morgan fingerprint density at radius 1 is 1.42 bits per heavy atom. The van der Waals surface area contributed by atoms with Gasteiger partial charge in [0.05, 0.1) is 26.5 Å². The van der Waals surface area contributed by atoms with Crippen LogP contribution in [0.3, 0.4) is 0 Å². The number of nitrogens with zero attached hydrogens (tertiary/aromatic N) is 1. The van der Waals surface area contributed by atoms with E-state index in [0.29, 0.717) is 13.1 Å². The van der Waals surface area contributed by atoms with E-state index in [9.17, 15) is 4.79 Å². The zero-order valence-electron chi connectivity index (χ0n) is 14.0. The van der Waals surface area contributed by atoms with Crippen LogP contribution in [0.15, 0.2) is 34.9 Å². The summed E-state index contributed by atoms with van der Waals surface area (Å²) in [6.07, 6.45) is 2.66.